The summed E-state index contributed by atoms with van der Waals surface area (Å²) in [6.45, 7) is 9.12. The Labute approximate surface area is 190 Å². The van der Waals surface area contributed by atoms with Crippen LogP contribution in [0.2, 0.25) is 10.0 Å². The molecule has 2 heterocycles. The summed E-state index contributed by atoms with van der Waals surface area (Å²) in [5.74, 6) is -0.684. The molecule has 0 bridgehead atoms. The molecule has 0 fully saturated rings. The lowest BCUT2D eigenvalue weighted by Gasteiger charge is -2.21. The maximum Gasteiger partial charge on any atom is 0.358 e. The highest BCUT2D eigenvalue weighted by atomic mass is 35.5. The molecule has 0 amide bonds. The molecular formula is C22H23Cl2N3O4. The van der Waals surface area contributed by atoms with Crippen LogP contribution in [0.25, 0.3) is 17.0 Å². The van der Waals surface area contributed by atoms with Gasteiger partial charge in [-0.3, -0.25) is 9.20 Å². The number of aromatic nitrogens is 3. The van der Waals surface area contributed by atoms with Crippen molar-refractivity contribution in [1.82, 2.24) is 14.4 Å². The Morgan fingerprint density at radius 2 is 1.87 bits per heavy atom. The first kappa shape index (κ1) is 23.0. The summed E-state index contributed by atoms with van der Waals surface area (Å²) in [5.41, 5.74) is 1.85. The number of benzene rings is 1. The Balaban J connectivity index is 2.25. The quantitative estimate of drug-likeness (QED) is 0.491. The monoisotopic (exact) mass is 463 g/mol. The fourth-order valence-electron chi connectivity index (χ4n) is 3.16. The molecule has 3 aromatic rings. The fraction of sp³-hybridized carbons (Fsp3) is 0.364. The van der Waals surface area contributed by atoms with Gasteiger partial charge >= 0.3 is 11.9 Å². The number of aryl methyl sites for hydroxylation is 1. The Bertz CT molecular complexity index is 1170. The molecule has 0 saturated heterocycles. The van der Waals surface area contributed by atoms with Gasteiger partial charge < -0.3 is 9.47 Å². The molecule has 0 atom stereocenters. The Morgan fingerprint density at radius 1 is 1.16 bits per heavy atom. The second-order valence-corrected chi connectivity index (χ2v) is 8.77. The molecule has 0 saturated carbocycles. The van der Waals surface area contributed by atoms with Crippen LogP contribution in [0.1, 0.15) is 49.4 Å². The number of carbonyl (C=O) groups excluding carboxylic acids is 2. The first-order valence-electron chi connectivity index (χ1n) is 9.73. The third kappa shape index (κ3) is 5.17. The lowest BCUT2D eigenvalue weighted by Crippen LogP contribution is -2.25. The highest BCUT2D eigenvalue weighted by Gasteiger charge is 2.24. The normalized spacial score (nSPS) is 11.6. The van der Waals surface area contributed by atoms with Crippen LogP contribution >= 0.6 is 23.2 Å². The van der Waals surface area contributed by atoms with Gasteiger partial charge in [-0.25, -0.2) is 14.8 Å². The number of carbonyl (C=O) groups is 2. The van der Waals surface area contributed by atoms with E-state index in [4.69, 9.17) is 32.7 Å². The molecule has 1 aromatic carbocycles. The minimum absolute atomic E-state index is 0.0345. The van der Waals surface area contributed by atoms with Crippen molar-refractivity contribution in [3.05, 3.63) is 51.4 Å². The van der Waals surface area contributed by atoms with Gasteiger partial charge in [-0.1, -0.05) is 23.2 Å². The van der Waals surface area contributed by atoms with E-state index in [-0.39, 0.29) is 24.5 Å². The van der Waals surface area contributed by atoms with Crippen molar-refractivity contribution in [3.8, 4) is 11.3 Å². The number of hydrogen-bond donors (Lipinski definition) is 0. The number of hydrogen-bond acceptors (Lipinski definition) is 6. The molecule has 164 valence electrons. The second kappa shape index (κ2) is 8.85. The van der Waals surface area contributed by atoms with Crippen molar-refractivity contribution < 1.29 is 19.1 Å². The molecule has 0 aliphatic heterocycles. The number of nitrogens with zero attached hydrogens (tertiary/aromatic N) is 3. The Morgan fingerprint density at radius 3 is 2.48 bits per heavy atom. The largest absolute Gasteiger partial charge is 0.461 e. The van der Waals surface area contributed by atoms with E-state index in [0.29, 0.717) is 32.6 Å². The van der Waals surface area contributed by atoms with Crippen molar-refractivity contribution in [3.63, 3.8) is 0 Å². The predicted molar refractivity (Wildman–Crippen MR) is 119 cm³/mol. The molecule has 2 aromatic heterocycles. The van der Waals surface area contributed by atoms with Crippen LogP contribution < -0.4 is 0 Å². The SMILES string of the molecule is CCOC(=O)c1cn2c(-c3ccc(Cl)cc3Cl)c(CC(=O)OC(C)(C)C)c(C)nc2n1. The van der Waals surface area contributed by atoms with Gasteiger partial charge in [0.1, 0.15) is 5.60 Å². The molecule has 0 unspecified atom stereocenters. The molecule has 0 N–H and O–H groups in total. The zero-order valence-corrected chi connectivity index (χ0v) is 19.5. The number of halogens is 2. The summed E-state index contributed by atoms with van der Waals surface area (Å²) in [5, 5.41) is 0.860. The van der Waals surface area contributed by atoms with Crippen LogP contribution in [0.3, 0.4) is 0 Å². The molecule has 0 radical (unpaired) electrons. The average Bonchev–Trinajstić information content (AvgIpc) is 3.05. The van der Waals surface area contributed by atoms with Gasteiger partial charge in [0.05, 0.1) is 23.7 Å². The van der Waals surface area contributed by atoms with Crippen molar-refractivity contribution in [1.29, 1.82) is 0 Å². The molecular weight excluding hydrogens is 441 g/mol. The van der Waals surface area contributed by atoms with Gasteiger partial charge in [0.25, 0.3) is 0 Å². The smallest absolute Gasteiger partial charge is 0.358 e. The lowest BCUT2D eigenvalue weighted by molar-refractivity contribution is -0.153. The zero-order valence-electron chi connectivity index (χ0n) is 18.0. The molecule has 0 spiro atoms. The van der Waals surface area contributed by atoms with E-state index in [2.05, 4.69) is 9.97 Å². The van der Waals surface area contributed by atoms with Gasteiger partial charge in [-0.15, -0.1) is 0 Å². The van der Waals surface area contributed by atoms with Crippen LogP contribution in [0.4, 0.5) is 0 Å². The topological polar surface area (TPSA) is 82.8 Å². The first-order chi connectivity index (χ1) is 14.5. The number of esters is 2. The minimum atomic E-state index is -0.632. The molecule has 7 nitrogen and oxygen atoms in total. The van der Waals surface area contributed by atoms with Gasteiger partial charge in [0.15, 0.2) is 5.69 Å². The summed E-state index contributed by atoms with van der Waals surface area (Å²) in [4.78, 5) is 33.7. The second-order valence-electron chi connectivity index (χ2n) is 7.93. The molecule has 0 aliphatic rings. The van der Waals surface area contributed by atoms with E-state index in [1.807, 2.05) is 0 Å². The highest BCUT2D eigenvalue weighted by Crippen LogP contribution is 2.34. The number of rotatable bonds is 5. The summed E-state index contributed by atoms with van der Waals surface area (Å²) in [6, 6.07) is 5.06. The van der Waals surface area contributed by atoms with E-state index < -0.39 is 17.5 Å². The van der Waals surface area contributed by atoms with Gasteiger partial charge in [0.2, 0.25) is 5.78 Å². The van der Waals surface area contributed by atoms with Crippen LogP contribution in [-0.2, 0) is 20.7 Å². The van der Waals surface area contributed by atoms with Crippen molar-refractivity contribution in [2.45, 2.75) is 46.6 Å². The average molecular weight is 464 g/mol. The number of ether oxygens (including phenoxy) is 2. The number of fused-ring (bicyclic) bond motifs is 1. The molecule has 9 heteroatoms. The summed E-state index contributed by atoms with van der Waals surface area (Å²) in [7, 11) is 0. The van der Waals surface area contributed by atoms with Gasteiger partial charge in [0, 0.05) is 28.0 Å². The van der Waals surface area contributed by atoms with E-state index in [1.165, 1.54) is 6.20 Å². The maximum atomic E-state index is 12.6. The van der Waals surface area contributed by atoms with E-state index in [9.17, 15) is 9.59 Å². The summed E-state index contributed by atoms with van der Waals surface area (Å²) < 4.78 is 12.2. The van der Waals surface area contributed by atoms with E-state index in [1.54, 1.807) is 57.2 Å². The first-order valence-corrected chi connectivity index (χ1v) is 10.5. The molecule has 0 aliphatic carbocycles. The minimum Gasteiger partial charge on any atom is -0.461 e. The van der Waals surface area contributed by atoms with Gasteiger partial charge in [-0.05, 0) is 52.8 Å². The maximum absolute atomic E-state index is 12.6. The zero-order chi connectivity index (χ0) is 22.9. The Hall–Kier alpha value is -2.64. The van der Waals surface area contributed by atoms with Crippen LogP contribution in [0.15, 0.2) is 24.4 Å². The third-order valence-corrected chi connectivity index (χ3v) is 4.88. The third-order valence-electron chi connectivity index (χ3n) is 4.33. The summed E-state index contributed by atoms with van der Waals surface area (Å²) >= 11 is 12.6. The summed E-state index contributed by atoms with van der Waals surface area (Å²) in [6.07, 6.45) is 1.49. The standard InChI is InChI=1S/C22H23Cl2N3O4/c1-6-30-20(29)17-11-27-19(14-8-7-13(23)9-16(14)24)15(12(2)25-21(27)26-17)10-18(28)31-22(3,4)5/h7-9,11H,6,10H2,1-5H3. The predicted octanol–water partition coefficient (Wildman–Crippen LogP) is 5.07. The molecule has 3 rings (SSSR count). The Kier molecular flexibility index (Phi) is 6.57. The van der Waals surface area contributed by atoms with E-state index in [0.717, 1.165) is 0 Å². The van der Waals surface area contributed by atoms with Crippen LogP contribution in [0.5, 0.6) is 0 Å². The fourth-order valence-corrected chi connectivity index (χ4v) is 3.66. The van der Waals surface area contributed by atoms with Crippen molar-refractivity contribution in [2.24, 2.45) is 0 Å². The lowest BCUT2D eigenvalue weighted by atomic mass is 10.0. The van der Waals surface area contributed by atoms with Crippen LogP contribution in [0, 0.1) is 6.92 Å². The van der Waals surface area contributed by atoms with Crippen LogP contribution in [-0.4, -0.2) is 38.5 Å². The van der Waals surface area contributed by atoms with Gasteiger partial charge in [-0.2, -0.15) is 0 Å². The van der Waals surface area contributed by atoms with Crippen molar-refractivity contribution >= 4 is 40.9 Å². The van der Waals surface area contributed by atoms with Crippen molar-refractivity contribution in [2.75, 3.05) is 6.61 Å². The highest BCUT2D eigenvalue weighted by molar-refractivity contribution is 6.36. The number of imidazole rings is 1. The molecule has 31 heavy (non-hydrogen) atoms. The van der Waals surface area contributed by atoms with E-state index >= 15 is 0 Å².